The van der Waals surface area contributed by atoms with Crippen LogP contribution in [0.25, 0.3) is 5.69 Å². The Labute approximate surface area is 127 Å². The summed E-state index contributed by atoms with van der Waals surface area (Å²) in [6.07, 6.45) is 1.85. The Balaban J connectivity index is 1.65. The molecular formula is C15H18N4O3. The Morgan fingerprint density at radius 2 is 2.09 bits per heavy atom. The van der Waals surface area contributed by atoms with Crippen LogP contribution in [-0.4, -0.2) is 49.9 Å². The van der Waals surface area contributed by atoms with Crippen molar-refractivity contribution in [3.05, 3.63) is 42.2 Å². The molecule has 1 fully saturated rings. The first-order chi connectivity index (χ1) is 10.7. The number of aliphatic hydroxyl groups excluding tert-OH is 2. The summed E-state index contributed by atoms with van der Waals surface area (Å²) < 4.78 is 0. The number of benzene rings is 1. The zero-order chi connectivity index (χ0) is 15.5. The molecule has 1 aromatic heterocycles. The van der Waals surface area contributed by atoms with Crippen molar-refractivity contribution < 1.29 is 15.0 Å². The second-order valence-corrected chi connectivity index (χ2v) is 5.51. The minimum atomic E-state index is -0.574. The lowest BCUT2D eigenvalue weighted by Gasteiger charge is -2.10. The van der Waals surface area contributed by atoms with E-state index in [2.05, 4.69) is 15.5 Å². The molecule has 1 aliphatic rings. The summed E-state index contributed by atoms with van der Waals surface area (Å²) in [5.41, 5.74) is 1.00. The fourth-order valence-electron chi connectivity index (χ4n) is 2.73. The van der Waals surface area contributed by atoms with E-state index >= 15 is 0 Å². The number of para-hydroxylation sites is 1. The van der Waals surface area contributed by atoms with Gasteiger partial charge in [0.2, 0.25) is 0 Å². The van der Waals surface area contributed by atoms with Gasteiger partial charge in [0.1, 0.15) is 0 Å². The smallest absolute Gasteiger partial charge is 0.273 e. The molecule has 2 aromatic rings. The molecular weight excluding hydrogens is 284 g/mol. The zero-order valence-electron chi connectivity index (χ0n) is 12.0. The number of aliphatic hydroxyl groups is 2. The molecule has 0 radical (unpaired) electrons. The van der Waals surface area contributed by atoms with Crippen LogP contribution in [0.5, 0.6) is 0 Å². The van der Waals surface area contributed by atoms with Crippen molar-refractivity contribution in [1.82, 2.24) is 20.3 Å². The van der Waals surface area contributed by atoms with E-state index in [-0.39, 0.29) is 30.2 Å². The molecule has 22 heavy (non-hydrogen) atoms. The molecule has 1 saturated carbocycles. The van der Waals surface area contributed by atoms with Crippen molar-refractivity contribution in [3.8, 4) is 5.69 Å². The van der Waals surface area contributed by atoms with Gasteiger partial charge in [0.05, 0.1) is 18.0 Å². The molecule has 0 saturated heterocycles. The van der Waals surface area contributed by atoms with Crippen LogP contribution < -0.4 is 5.32 Å². The van der Waals surface area contributed by atoms with Gasteiger partial charge >= 0.3 is 0 Å². The predicted octanol–water partition coefficient (Wildman–Crippen LogP) is 0.129. The Morgan fingerprint density at radius 1 is 1.32 bits per heavy atom. The molecule has 0 spiro atoms. The third kappa shape index (κ3) is 3.00. The fourth-order valence-corrected chi connectivity index (χ4v) is 2.73. The van der Waals surface area contributed by atoms with Crippen LogP contribution in [0.15, 0.2) is 36.5 Å². The van der Waals surface area contributed by atoms with Gasteiger partial charge in [-0.2, -0.15) is 9.90 Å². The minimum Gasteiger partial charge on any atom is -0.396 e. The van der Waals surface area contributed by atoms with Gasteiger partial charge in [-0.15, -0.1) is 5.10 Å². The van der Waals surface area contributed by atoms with E-state index in [9.17, 15) is 9.90 Å². The highest BCUT2D eigenvalue weighted by atomic mass is 16.3. The van der Waals surface area contributed by atoms with E-state index in [1.807, 2.05) is 30.3 Å². The lowest BCUT2D eigenvalue weighted by molar-refractivity contribution is 0.0902. The molecule has 1 aromatic carbocycles. The number of amides is 1. The first kappa shape index (κ1) is 14.7. The van der Waals surface area contributed by atoms with Crippen molar-refractivity contribution in [2.45, 2.75) is 25.0 Å². The Hall–Kier alpha value is -2.25. The first-order valence-electron chi connectivity index (χ1n) is 7.25. The SMILES string of the molecule is O=C(N[C@H]1C[C@H](CO)[C@H](O)C1)c1cnn(-c2ccccc2)n1. The summed E-state index contributed by atoms with van der Waals surface area (Å²) in [7, 11) is 0. The zero-order valence-corrected chi connectivity index (χ0v) is 12.0. The Bertz CT molecular complexity index is 643. The predicted molar refractivity (Wildman–Crippen MR) is 78.4 cm³/mol. The number of aromatic nitrogens is 3. The molecule has 1 amide bonds. The highest BCUT2D eigenvalue weighted by Gasteiger charge is 2.33. The molecule has 3 rings (SSSR count). The van der Waals surface area contributed by atoms with Crippen molar-refractivity contribution in [3.63, 3.8) is 0 Å². The molecule has 116 valence electrons. The second-order valence-electron chi connectivity index (χ2n) is 5.51. The van der Waals surface area contributed by atoms with Gasteiger partial charge in [-0.25, -0.2) is 0 Å². The summed E-state index contributed by atoms with van der Waals surface area (Å²) in [5, 5.41) is 30.0. The van der Waals surface area contributed by atoms with E-state index in [1.165, 1.54) is 11.0 Å². The van der Waals surface area contributed by atoms with Gasteiger partial charge in [0, 0.05) is 18.6 Å². The normalized spacial score (nSPS) is 24.4. The van der Waals surface area contributed by atoms with Crippen molar-refractivity contribution >= 4 is 5.91 Å². The number of hydrogen-bond donors (Lipinski definition) is 3. The van der Waals surface area contributed by atoms with E-state index in [0.29, 0.717) is 12.8 Å². The number of carbonyl (C=O) groups excluding carboxylic acids is 1. The van der Waals surface area contributed by atoms with E-state index in [4.69, 9.17) is 5.11 Å². The number of carbonyl (C=O) groups is 1. The van der Waals surface area contributed by atoms with Crippen LogP contribution in [0.3, 0.4) is 0 Å². The van der Waals surface area contributed by atoms with Crippen LogP contribution in [0.2, 0.25) is 0 Å². The summed E-state index contributed by atoms with van der Waals surface area (Å²) in [6, 6.07) is 9.17. The summed E-state index contributed by atoms with van der Waals surface area (Å²) in [6.45, 7) is -0.0717. The molecule has 0 bridgehead atoms. The topological polar surface area (TPSA) is 100 Å². The molecule has 3 N–H and O–H groups in total. The van der Waals surface area contributed by atoms with Gasteiger partial charge in [-0.1, -0.05) is 18.2 Å². The first-order valence-corrected chi connectivity index (χ1v) is 7.25. The van der Waals surface area contributed by atoms with Crippen LogP contribution in [-0.2, 0) is 0 Å². The summed E-state index contributed by atoms with van der Waals surface area (Å²) >= 11 is 0. The average molecular weight is 302 g/mol. The molecule has 3 atom stereocenters. The third-order valence-electron chi connectivity index (χ3n) is 3.94. The third-order valence-corrected chi connectivity index (χ3v) is 3.94. The van der Waals surface area contributed by atoms with Crippen molar-refractivity contribution in [2.75, 3.05) is 6.61 Å². The maximum Gasteiger partial charge on any atom is 0.273 e. The Morgan fingerprint density at radius 3 is 2.77 bits per heavy atom. The number of hydrogen-bond acceptors (Lipinski definition) is 5. The fraction of sp³-hybridized carbons (Fsp3) is 0.400. The maximum absolute atomic E-state index is 12.2. The maximum atomic E-state index is 12.2. The lowest BCUT2D eigenvalue weighted by Crippen LogP contribution is -2.33. The molecule has 7 heteroatoms. The number of rotatable bonds is 4. The van der Waals surface area contributed by atoms with Gasteiger partial charge in [0.25, 0.3) is 5.91 Å². The quantitative estimate of drug-likeness (QED) is 0.745. The largest absolute Gasteiger partial charge is 0.396 e. The average Bonchev–Trinajstić information content (AvgIpc) is 3.15. The molecule has 1 heterocycles. The Kier molecular flexibility index (Phi) is 4.17. The minimum absolute atomic E-state index is 0.0717. The van der Waals surface area contributed by atoms with Crippen LogP contribution in [0.1, 0.15) is 23.3 Å². The van der Waals surface area contributed by atoms with E-state index in [1.54, 1.807) is 0 Å². The lowest BCUT2D eigenvalue weighted by atomic mass is 10.1. The molecule has 7 nitrogen and oxygen atoms in total. The molecule has 0 aliphatic heterocycles. The molecule has 1 aliphatic carbocycles. The standard InChI is InChI=1S/C15H18N4O3/c20-9-10-6-11(7-14(10)21)17-15(22)13-8-16-19(18-13)12-4-2-1-3-5-12/h1-5,8,10-11,14,20-21H,6-7,9H2,(H,17,22)/t10-,11+,14-/m1/s1. The van der Waals surface area contributed by atoms with Gasteiger partial charge in [0.15, 0.2) is 5.69 Å². The van der Waals surface area contributed by atoms with Crippen LogP contribution in [0, 0.1) is 5.92 Å². The monoisotopic (exact) mass is 302 g/mol. The van der Waals surface area contributed by atoms with E-state index in [0.717, 1.165) is 5.69 Å². The van der Waals surface area contributed by atoms with Crippen LogP contribution in [0.4, 0.5) is 0 Å². The van der Waals surface area contributed by atoms with Crippen molar-refractivity contribution in [2.24, 2.45) is 5.92 Å². The van der Waals surface area contributed by atoms with Crippen LogP contribution >= 0.6 is 0 Å². The second kappa shape index (κ2) is 6.25. The van der Waals surface area contributed by atoms with Gasteiger partial charge in [-0.3, -0.25) is 4.79 Å². The highest BCUT2D eigenvalue weighted by molar-refractivity contribution is 5.92. The number of nitrogens with zero attached hydrogens (tertiary/aromatic N) is 3. The summed E-state index contributed by atoms with van der Waals surface area (Å²) in [5.74, 6) is -0.497. The van der Waals surface area contributed by atoms with Gasteiger partial charge < -0.3 is 15.5 Å². The highest BCUT2D eigenvalue weighted by Crippen LogP contribution is 2.25. The van der Waals surface area contributed by atoms with E-state index < -0.39 is 6.10 Å². The molecule has 0 unspecified atom stereocenters. The number of nitrogens with one attached hydrogen (secondary N) is 1. The van der Waals surface area contributed by atoms with Crippen molar-refractivity contribution in [1.29, 1.82) is 0 Å². The summed E-state index contributed by atoms with van der Waals surface area (Å²) in [4.78, 5) is 13.6. The van der Waals surface area contributed by atoms with Gasteiger partial charge in [-0.05, 0) is 25.0 Å².